The van der Waals surface area contributed by atoms with E-state index in [1.165, 1.54) is 5.56 Å². The maximum atomic E-state index is 10.3. The summed E-state index contributed by atoms with van der Waals surface area (Å²) in [6.07, 6.45) is 5.40. The van der Waals surface area contributed by atoms with Gasteiger partial charge >= 0.3 is 0 Å². The van der Waals surface area contributed by atoms with Gasteiger partial charge < -0.3 is 9.84 Å². The number of hydrogen-bond acceptors (Lipinski definition) is 6. The zero-order chi connectivity index (χ0) is 21.0. The Kier molecular flexibility index (Phi) is 6.38. The Morgan fingerprint density at radius 2 is 2.10 bits per heavy atom. The Bertz CT molecular complexity index is 1060. The molecule has 1 fully saturated rings. The quantitative estimate of drug-likeness (QED) is 0.375. The highest BCUT2D eigenvalue weighted by Crippen LogP contribution is 2.31. The van der Waals surface area contributed by atoms with Crippen LogP contribution in [0, 0.1) is 11.8 Å². The molecular formula is C23H26N4O2S. The summed E-state index contributed by atoms with van der Waals surface area (Å²) < 4.78 is 7.94. The molecule has 2 unspecified atom stereocenters. The molecular weight excluding hydrogens is 396 g/mol. The second-order valence-electron chi connectivity index (χ2n) is 7.65. The fourth-order valence-electron chi connectivity index (χ4n) is 3.21. The SMILES string of the molecule is CCC(C)(O)C#Cc1nc(SCc2ccccc2)c2ncn(C3CCCCO3)c2n1. The Labute approximate surface area is 181 Å². The van der Waals surface area contributed by atoms with E-state index in [9.17, 15) is 5.11 Å². The van der Waals surface area contributed by atoms with Gasteiger partial charge in [0, 0.05) is 12.4 Å². The minimum absolute atomic E-state index is 0.0646. The molecule has 2 aromatic heterocycles. The van der Waals surface area contributed by atoms with E-state index in [1.807, 2.05) is 29.7 Å². The number of fused-ring (bicyclic) bond motifs is 1. The van der Waals surface area contributed by atoms with E-state index in [2.05, 4.69) is 38.9 Å². The number of imidazole rings is 1. The van der Waals surface area contributed by atoms with Crippen LogP contribution in [0.3, 0.4) is 0 Å². The standard InChI is InChI=1S/C23H26N4O2S/c1-3-23(2,28)13-12-18-25-21-20(24-16-27(21)19-11-7-8-14-29-19)22(26-18)30-15-17-9-5-4-6-10-17/h4-6,9-10,16,19,28H,3,7-8,11,14-15H2,1-2H3. The first-order chi connectivity index (χ1) is 14.6. The molecule has 1 aromatic carbocycles. The minimum atomic E-state index is -1.07. The second kappa shape index (κ2) is 9.17. The minimum Gasteiger partial charge on any atom is -0.378 e. The van der Waals surface area contributed by atoms with Gasteiger partial charge in [0.25, 0.3) is 0 Å². The van der Waals surface area contributed by atoms with Gasteiger partial charge in [-0.15, -0.1) is 0 Å². The lowest BCUT2D eigenvalue weighted by molar-refractivity contribution is -0.0298. The van der Waals surface area contributed by atoms with Crippen LogP contribution in [-0.2, 0) is 10.5 Å². The van der Waals surface area contributed by atoms with Crippen molar-refractivity contribution in [3.8, 4) is 11.8 Å². The Morgan fingerprint density at radius 3 is 2.83 bits per heavy atom. The van der Waals surface area contributed by atoms with E-state index in [0.29, 0.717) is 12.2 Å². The van der Waals surface area contributed by atoms with E-state index in [1.54, 1.807) is 25.0 Å². The lowest BCUT2D eigenvalue weighted by atomic mass is 10.1. The number of benzene rings is 1. The first-order valence-electron chi connectivity index (χ1n) is 10.3. The van der Waals surface area contributed by atoms with Gasteiger partial charge in [-0.1, -0.05) is 54.9 Å². The van der Waals surface area contributed by atoms with Crippen molar-refractivity contribution in [1.29, 1.82) is 0 Å². The lowest BCUT2D eigenvalue weighted by Gasteiger charge is -2.23. The Hall–Kier alpha value is -2.40. The van der Waals surface area contributed by atoms with Crippen molar-refractivity contribution in [1.82, 2.24) is 19.5 Å². The van der Waals surface area contributed by atoms with Gasteiger partial charge in [0.1, 0.15) is 22.4 Å². The molecule has 0 radical (unpaired) electrons. The van der Waals surface area contributed by atoms with Gasteiger partial charge in [-0.2, -0.15) is 0 Å². The molecule has 4 rings (SSSR count). The van der Waals surface area contributed by atoms with Crippen LogP contribution in [0.2, 0.25) is 0 Å². The van der Waals surface area contributed by atoms with Crippen molar-refractivity contribution in [2.75, 3.05) is 6.61 Å². The highest BCUT2D eigenvalue weighted by molar-refractivity contribution is 7.98. The van der Waals surface area contributed by atoms with Crippen molar-refractivity contribution < 1.29 is 9.84 Å². The highest BCUT2D eigenvalue weighted by Gasteiger charge is 2.21. The average molecular weight is 423 g/mol. The molecule has 0 saturated carbocycles. The van der Waals surface area contributed by atoms with Gasteiger partial charge in [0.15, 0.2) is 5.65 Å². The van der Waals surface area contributed by atoms with Crippen LogP contribution in [-0.4, -0.2) is 36.8 Å². The summed E-state index contributed by atoms with van der Waals surface area (Å²) in [6.45, 7) is 4.34. The maximum Gasteiger partial charge on any atom is 0.208 e. The van der Waals surface area contributed by atoms with E-state index < -0.39 is 5.60 Å². The van der Waals surface area contributed by atoms with E-state index in [0.717, 1.165) is 47.8 Å². The predicted octanol–water partition coefficient (Wildman–Crippen LogP) is 4.33. The van der Waals surface area contributed by atoms with Gasteiger partial charge in [-0.25, -0.2) is 15.0 Å². The number of ether oxygens (including phenoxy) is 1. The second-order valence-corrected chi connectivity index (χ2v) is 8.61. The van der Waals surface area contributed by atoms with Crippen molar-refractivity contribution in [3.63, 3.8) is 0 Å². The van der Waals surface area contributed by atoms with Crippen molar-refractivity contribution in [3.05, 3.63) is 48.0 Å². The average Bonchev–Trinajstić information content (AvgIpc) is 3.21. The molecule has 1 N–H and O–H groups in total. The number of aromatic nitrogens is 4. The predicted molar refractivity (Wildman–Crippen MR) is 118 cm³/mol. The van der Waals surface area contributed by atoms with Crippen LogP contribution in [0.25, 0.3) is 11.2 Å². The van der Waals surface area contributed by atoms with Crippen LogP contribution in [0.4, 0.5) is 0 Å². The van der Waals surface area contributed by atoms with Crippen LogP contribution in [0.1, 0.15) is 57.1 Å². The Balaban J connectivity index is 1.73. The van der Waals surface area contributed by atoms with Crippen molar-refractivity contribution >= 4 is 22.9 Å². The van der Waals surface area contributed by atoms with Crippen LogP contribution in [0.5, 0.6) is 0 Å². The maximum absolute atomic E-state index is 10.3. The summed E-state index contributed by atoms with van der Waals surface area (Å²) in [5, 5.41) is 11.1. The molecule has 1 aliphatic rings. The first kappa shape index (κ1) is 20.9. The normalized spacial score (nSPS) is 18.6. The van der Waals surface area contributed by atoms with Crippen molar-refractivity contribution in [2.24, 2.45) is 0 Å². The summed E-state index contributed by atoms with van der Waals surface area (Å²) in [5.41, 5.74) is 1.64. The zero-order valence-electron chi connectivity index (χ0n) is 17.3. The molecule has 0 amide bonds. The van der Waals surface area contributed by atoms with E-state index >= 15 is 0 Å². The molecule has 1 saturated heterocycles. The third kappa shape index (κ3) is 4.84. The smallest absolute Gasteiger partial charge is 0.208 e. The first-order valence-corrected chi connectivity index (χ1v) is 11.3. The Morgan fingerprint density at radius 1 is 1.27 bits per heavy atom. The fraction of sp³-hybridized carbons (Fsp3) is 0.435. The summed E-state index contributed by atoms with van der Waals surface area (Å²) in [7, 11) is 0. The van der Waals surface area contributed by atoms with Gasteiger partial charge in [-0.3, -0.25) is 4.57 Å². The molecule has 0 aliphatic carbocycles. The molecule has 3 heterocycles. The van der Waals surface area contributed by atoms with Crippen molar-refractivity contribution in [2.45, 2.75) is 62.1 Å². The fourth-order valence-corrected chi connectivity index (χ4v) is 4.13. The molecule has 6 nitrogen and oxygen atoms in total. The number of hydrogen-bond donors (Lipinski definition) is 1. The summed E-state index contributed by atoms with van der Waals surface area (Å²) in [6, 6.07) is 10.3. The molecule has 0 bridgehead atoms. The molecule has 7 heteroatoms. The van der Waals surface area contributed by atoms with E-state index in [-0.39, 0.29) is 6.23 Å². The monoisotopic (exact) mass is 422 g/mol. The van der Waals surface area contributed by atoms with Gasteiger partial charge in [-0.05, 0) is 44.1 Å². The van der Waals surface area contributed by atoms with Gasteiger partial charge in [0.2, 0.25) is 5.82 Å². The molecule has 0 spiro atoms. The highest BCUT2D eigenvalue weighted by atomic mass is 32.2. The van der Waals surface area contributed by atoms with Crippen LogP contribution < -0.4 is 0 Å². The molecule has 1 aliphatic heterocycles. The largest absolute Gasteiger partial charge is 0.378 e. The van der Waals surface area contributed by atoms with Gasteiger partial charge in [0.05, 0.1) is 6.33 Å². The molecule has 3 aromatic rings. The molecule has 30 heavy (non-hydrogen) atoms. The zero-order valence-corrected chi connectivity index (χ0v) is 18.2. The van der Waals surface area contributed by atoms with Crippen LogP contribution >= 0.6 is 11.8 Å². The topological polar surface area (TPSA) is 73.1 Å². The summed E-state index contributed by atoms with van der Waals surface area (Å²) >= 11 is 1.62. The molecule has 2 atom stereocenters. The van der Waals surface area contributed by atoms with Crippen LogP contribution in [0.15, 0.2) is 41.7 Å². The number of rotatable bonds is 5. The summed E-state index contributed by atoms with van der Waals surface area (Å²) in [5.74, 6) is 7.03. The number of aliphatic hydroxyl groups is 1. The summed E-state index contributed by atoms with van der Waals surface area (Å²) in [4.78, 5) is 13.9. The third-order valence-electron chi connectivity index (χ3n) is 5.21. The number of nitrogens with zero attached hydrogens (tertiary/aromatic N) is 4. The number of thioether (sulfide) groups is 1. The lowest BCUT2D eigenvalue weighted by Crippen LogP contribution is -2.19. The third-order valence-corrected chi connectivity index (χ3v) is 6.24. The molecule has 156 valence electrons. The van der Waals surface area contributed by atoms with E-state index in [4.69, 9.17) is 4.74 Å².